The zero-order chi connectivity index (χ0) is 11.5. The second-order valence-electron chi connectivity index (χ2n) is 4.16. The first-order valence-corrected chi connectivity index (χ1v) is 6.48. The average molecular weight is 240 g/mol. The minimum Gasteiger partial charge on any atom is -0.476 e. The summed E-state index contributed by atoms with van der Waals surface area (Å²) in [5, 5.41) is 13.7. The van der Waals surface area contributed by atoms with Crippen LogP contribution in [0.3, 0.4) is 0 Å². The number of carbonyl (C=O) groups is 1. The monoisotopic (exact) mass is 240 g/mol. The first kappa shape index (κ1) is 11.5. The van der Waals surface area contributed by atoms with Crippen LogP contribution in [0.1, 0.15) is 42.6 Å². The molecule has 0 aliphatic heterocycles. The molecule has 1 saturated carbocycles. The van der Waals surface area contributed by atoms with Gasteiger partial charge in [0, 0.05) is 12.3 Å². The number of hydrogen-bond acceptors (Lipinski definition) is 3. The molecular weight excluding hydrogens is 224 g/mol. The molecule has 1 aromatic rings. The zero-order valence-corrected chi connectivity index (χ0v) is 10.2. The molecular formula is C11H16N2O2S. The van der Waals surface area contributed by atoms with E-state index >= 15 is 0 Å². The maximum atomic E-state index is 11.1. The molecule has 0 radical (unpaired) electrons. The molecule has 4 nitrogen and oxygen atoms in total. The molecule has 0 amide bonds. The summed E-state index contributed by atoms with van der Waals surface area (Å²) in [6.45, 7) is 0. The van der Waals surface area contributed by atoms with E-state index in [4.69, 9.17) is 5.11 Å². The van der Waals surface area contributed by atoms with Crippen molar-refractivity contribution in [2.75, 3.05) is 0 Å². The molecule has 0 aromatic carbocycles. The Balaban J connectivity index is 2.11. The van der Waals surface area contributed by atoms with Crippen LogP contribution in [-0.4, -0.2) is 26.1 Å². The molecule has 5 heteroatoms. The summed E-state index contributed by atoms with van der Waals surface area (Å²) in [4.78, 5) is 11.9. The molecule has 88 valence electrons. The molecule has 1 heterocycles. The predicted molar refractivity (Wildman–Crippen MR) is 62.9 cm³/mol. The van der Waals surface area contributed by atoms with Gasteiger partial charge in [0.15, 0.2) is 5.69 Å². The summed E-state index contributed by atoms with van der Waals surface area (Å²) in [5.41, 5.74) is 0.315. The van der Waals surface area contributed by atoms with E-state index in [9.17, 15) is 4.79 Å². The van der Waals surface area contributed by atoms with Crippen LogP contribution in [0.25, 0.3) is 0 Å². The number of carboxylic acids is 1. The Kier molecular flexibility index (Phi) is 3.53. The van der Waals surface area contributed by atoms with Crippen molar-refractivity contribution < 1.29 is 9.90 Å². The fourth-order valence-electron chi connectivity index (χ4n) is 2.11. The largest absolute Gasteiger partial charge is 0.476 e. The third kappa shape index (κ3) is 2.40. The fourth-order valence-corrected chi connectivity index (χ4v) is 3.48. The number of nitrogens with zero attached hydrogens (tertiary/aromatic N) is 2. The van der Waals surface area contributed by atoms with Gasteiger partial charge in [-0.2, -0.15) is 5.10 Å². The van der Waals surface area contributed by atoms with Crippen molar-refractivity contribution >= 4 is 17.7 Å². The highest BCUT2D eigenvalue weighted by Gasteiger charge is 2.21. The van der Waals surface area contributed by atoms with Crippen LogP contribution >= 0.6 is 11.8 Å². The Morgan fingerprint density at radius 3 is 2.81 bits per heavy atom. The Hall–Kier alpha value is -0.970. The van der Waals surface area contributed by atoms with Crippen molar-refractivity contribution in [1.82, 2.24) is 9.78 Å². The van der Waals surface area contributed by atoms with Gasteiger partial charge in [-0.15, -0.1) is 11.8 Å². The number of aryl methyl sites for hydroxylation is 1. The molecule has 1 aliphatic rings. The lowest BCUT2D eigenvalue weighted by atomic mass is 10.0. The average Bonchev–Trinajstić information content (AvgIpc) is 2.61. The van der Waals surface area contributed by atoms with Crippen LogP contribution in [0.15, 0.2) is 11.1 Å². The molecule has 0 atom stereocenters. The molecule has 1 N–H and O–H groups in total. The van der Waals surface area contributed by atoms with Gasteiger partial charge in [0.05, 0.1) is 11.1 Å². The number of rotatable bonds is 3. The smallest absolute Gasteiger partial charge is 0.355 e. The summed E-state index contributed by atoms with van der Waals surface area (Å²) < 4.78 is 1.44. The number of hydrogen-bond donors (Lipinski definition) is 1. The highest BCUT2D eigenvalue weighted by Crippen LogP contribution is 2.34. The summed E-state index contributed by atoms with van der Waals surface area (Å²) in [7, 11) is 1.67. The summed E-state index contributed by atoms with van der Waals surface area (Å²) >= 11 is 1.68. The van der Waals surface area contributed by atoms with Gasteiger partial charge in [-0.3, -0.25) is 4.68 Å². The molecule has 0 bridgehead atoms. The Labute approximate surface area is 99.0 Å². The van der Waals surface area contributed by atoms with Crippen molar-refractivity contribution in [3.63, 3.8) is 0 Å². The highest BCUT2D eigenvalue weighted by molar-refractivity contribution is 8.00. The van der Waals surface area contributed by atoms with Gasteiger partial charge in [0.25, 0.3) is 0 Å². The van der Waals surface area contributed by atoms with Crippen molar-refractivity contribution in [2.24, 2.45) is 7.05 Å². The normalized spacial score (nSPS) is 17.6. The van der Waals surface area contributed by atoms with Crippen LogP contribution < -0.4 is 0 Å². The van der Waals surface area contributed by atoms with E-state index in [1.165, 1.54) is 36.8 Å². The third-order valence-corrected chi connectivity index (χ3v) is 4.31. The SMILES string of the molecule is Cn1ncc(SC2CCCCC2)c1C(=O)O. The van der Waals surface area contributed by atoms with Crippen molar-refractivity contribution in [2.45, 2.75) is 42.2 Å². The Morgan fingerprint density at radius 1 is 1.50 bits per heavy atom. The van der Waals surface area contributed by atoms with Crippen LogP contribution in [0.5, 0.6) is 0 Å². The molecule has 0 spiro atoms. The summed E-state index contributed by atoms with van der Waals surface area (Å²) in [6.07, 6.45) is 7.90. The van der Waals surface area contributed by atoms with Gasteiger partial charge >= 0.3 is 5.97 Å². The Bertz CT molecular complexity index is 383. The first-order valence-electron chi connectivity index (χ1n) is 5.60. The number of aromatic nitrogens is 2. The zero-order valence-electron chi connectivity index (χ0n) is 9.35. The van der Waals surface area contributed by atoms with E-state index in [-0.39, 0.29) is 0 Å². The van der Waals surface area contributed by atoms with E-state index in [0.29, 0.717) is 10.9 Å². The van der Waals surface area contributed by atoms with Crippen LogP contribution in [0.4, 0.5) is 0 Å². The topological polar surface area (TPSA) is 55.1 Å². The summed E-state index contributed by atoms with van der Waals surface area (Å²) in [5.74, 6) is -0.890. The maximum Gasteiger partial charge on any atom is 0.355 e. The molecule has 0 saturated heterocycles. The summed E-state index contributed by atoms with van der Waals surface area (Å²) in [6, 6.07) is 0. The molecule has 1 fully saturated rings. The second-order valence-corrected chi connectivity index (χ2v) is 5.51. The first-order chi connectivity index (χ1) is 7.68. The minimum absolute atomic E-state index is 0.315. The lowest BCUT2D eigenvalue weighted by molar-refractivity contribution is 0.0681. The van der Waals surface area contributed by atoms with E-state index < -0.39 is 5.97 Å². The number of aromatic carboxylic acids is 1. The molecule has 1 aliphatic carbocycles. The van der Waals surface area contributed by atoms with Gasteiger partial charge in [-0.25, -0.2) is 4.79 Å². The number of thioether (sulfide) groups is 1. The van der Waals surface area contributed by atoms with Gasteiger partial charge in [0.2, 0.25) is 0 Å². The van der Waals surface area contributed by atoms with Crippen LogP contribution in [0, 0.1) is 0 Å². The molecule has 2 rings (SSSR count). The van der Waals surface area contributed by atoms with Gasteiger partial charge in [-0.1, -0.05) is 19.3 Å². The minimum atomic E-state index is -0.890. The third-order valence-electron chi connectivity index (χ3n) is 2.95. The van der Waals surface area contributed by atoms with Crippen molar-refractivity contribution in [1.29, 1.82) is 0 Å². The van der Waals surface area contributed by atoms with Crippen molar-refractivity contribution in [3.05, 3.63) is 11.9 Å². The maximum absolute atomic E-state index is 11.1. The highest BCUT2D eigenvalue weighted by atomic mass is 32.2. The number of carboxylic acid groups (broad SMARTS) is 1. The standard InChI is InChI=1S/C11H16N2O2S/c1-13-10(11(14)15)9(7-12-13)16-8-5-3-2-4-6-8/h7-8H,2-6H2,1H3,(H,14,15). The van der Waals surface area contributed by atoms with Gasteiger partial charge < -0.3 is 5.11 Å². The molecule has 16 heavy (non-hydrogen) atoms. The van der Waals surface area contributed by atoms with E-state index in [1.807, 2.05) is 0 Å². The molecule has 1 aromatic heterocycles. The fraction of sp³-hybridized carbons (Fsp3) is 0.636. The predicted octanol–water partition coefficient (Wildman–Crippen LogP) is 2.54. The lowest BCUT2D eigenvalue weighted by Crippen LogP contribution is -2.10. The van der Waals surface area contributed by atoms with Crippen LogP contribution in [0.2, 0.25) is 0 Å². The van der Waals surface area contributed by atoms with E-state index in [1.54, 1.807) is 25.0 Å². The van der Waals surface area contributed by atoms with E-state index in [0.717, 1.165) is 4.90 Å². The molecule has 0 unspecified atom stereocenters. The van der Waals surface area contributed by atoms with Gasteiger partial charge in [0.1, 0.15) is 0 Å². The van der Waals surface area contributed by atoms with Crippen molar-refractivity contribution in [3.8, 4) is 0 Å². The van der Waals surface area contributed by atoms with E-state index in [2.05, 4.69) is 5.10 Å². The van der Waals surface area contributed by atoms with Crippen LogP contribution in [-0.2, 0) is 7.05 Å². The lowest BCUT2D eigenvalue weighted by Gasteiger charge is -2.20. The Morgan fingerprint density at radius 2 is 2.19 bits per heavy atom. The second kappa shape index (κ2) is 4.91. The van der Waals surface area contributed by atoms with Gasteiger partial charge in [-0.05, 0) is 12.8 Å². The quantitative estimate of drug-likeness (QED) is 0.882.